The molecule has 1 unspecified atom stereocenters. The number of benzene rings is 1. The Bertz CT molecular complexity index is 462. The standard InChI is InChI=1S/C17H26N2O2/c1-4-10-17(11-5-12-18-17)16(20)19-14-6-8-15(9-7-14)21-13(2)3/h6-9,13,18H,4-5,10-12H2,1-3H3,(H,19,20). The normalized spacial score (nSPS) is 21.5. The molecule has 1 atom stereocenters. The number of ether oxygens (including phenoxy) is 1. The van der Waals surface area contributed by atoms with Crippen molar-refractivity contribution in [1.82, 2.24) is 5.32 Å². The van der Waals surface area contributed by atoms with E-state index >= 15 is 0 Å². The number of hydrogen-bond donors (Lipinski definition) is 2. The molecule has 1 aromatic carbocycles. The topological polar surface area (TPSA) is 50.4 Å². The van der Waals surface area contributed by atoms with Crippen molar-refractivity contribution in [3.63, 3.8) is 0 Å². The van der Waals surface area contributed by atoms with E-state index in [4.69, 9.17) is 4.74 Å². The molecular formula is C17H26N2O2. The second-order valence-corrected chi connectivity index (χ2v) is 6.01. The molecule has 0 bridgehead atoms. The number of carbonyl (C=O) groups excluding carboxylic acids is 1. The Balaban J connectivity index is 2.01. The van der Waals surface area contributed by atoms with Crippen LogP contribution in [0.15, 0.2) is 24.3 Å². The van der Waals surface area contributed by atoms with E-state index in [0.29, 0.717) is 0 Å². The maximum absolute atomic E-state index is 12.6. The zero-order valence-electron chi connectivity index (χ0n) is 13.2. The van der Waals surface area contributed by atoms with Gasteiger partial charge in [0.2, 0.25) is 5.91 Å². The molecule has 1 fully saturated rings. The summed E-state index contributed by atoms with van der Waals surface area (Å²) in [6, 6.07) is 7.57. The van der Waals surface area contributed by atoms with E-state index in [1.807, 2.05) is 38.1 Å². The van der Waals surface area contributed by atoms with Gasteiger partial charge in [-0.2, -0.15) is 0 Å². The molecule has 1 heterocycles. The first-order chi connectivity index (χ1) is 10.1. The van der Waals surface area contributed by atoms with E-state index in [2.05, 4.69) is 17.6 Å². The number of rotatable bonds is 6. The van der Waals surface area contributed by atoms with Gasteiger partial charge in [-0.1, -0.05) is 13.3 Å². The molecule has 0 saturated carbocycles. The summed E-state index contributed by atoms with van der Waals surface area (Å²) in [5.74, 6) is 0.907. The number of carbonyl (C=O) groups is 1. The van der Waals surface area contributed by atoms with Crippen LogP contribution in [-0.2, 0) is 4.79 Å². The maximum atomic E-state index is 12.6. The van der Waals surface area contributed by atoms with Crippen molar-refractivity contribution in [2.75, 3.05) is 11.9 Å². The molecule has 116 valence electrons. The summed E-state index contributed by atoms with van der Waals surface area (Å²) in [6.07, 6.45) is 4.02. The number of amides is 1. The number of hydrogen-bond acceptors (Lipinski definition) is 3. The second kappa shape index (κ2) is 6.94. The summed E-state index contributed by atoms with van der Waals surface area (Å²) in [4.78, 5) is 12.6. The van der Waals surface area contributed by atoms with Gasteiger partial charge in [-0.3, -0.25) is 4.79 Å². The Morgan fingerprint density at radius 1 is 1.38 bits per heavy atom. The van der Waals surface area contributed by atoms with Gasteiger partial charge in [-0.15, -0.1) is 0 Å². The summed E-state index contributed by atoms with van der Waals surface area (Å²) in [5, 5.41) is 6.42. The van der Waals surface area contributed by atoms with Crippen molar-refractivity contribution in [1.29, 1.82) is 0 Å². The fourth-order valence-electron chi connectivity index (χ4n) is 2.89. The van der Waals surface area contributed by atoms with Crippen LogP contribution >= 0.6 is 0 Å². The molecule has 1 aromatic rings. The molecule has 4 nitrogen and oxygen atoms in total. The first kappa shape index (κ1) is 15.8. The van der Waals surface area contributed by atoms with Crippen molar-refractivity contribution in [2.45, 2.75) is 58.1 Å². The van der Waals surface area contributed by atoms with Crippen LogP contribution in [0.1, 0.15) is 46.5 Å². The highest BCUT2D eigenvalue weighted by molar-refractivity contribution is 5.98. The Hall–Kier alpha value is -1.55. The van der Waals surface area contributed by atoms with E-state index in [-0.39, 0.29) is 17.6 Å². The van der Waals surface area contributed by atoms with Gasteiger partial charge in [0, 0.05) is 5.69 Å². The zero-order chi connectivity index (χ0) is 15.3. The fourth-order valence-corrected chi connectivity index (χ4v) is 2.89. The molecule has 1 aliphatic rings. The van der Waals surface area contributed by atoms with Gasteiger partial charge in [0.15, 0.2) is 0 Å². The third-order valence-electron chi connectivity index (χ3n) is 3.84. The minimum atomic E-state index is -0.387. The highest BCUT2D eigenvalue weighted by atomic mass is 16.5. The molecule has 21 heavy (non-hydrogen) atoms. The summed E-state index contributed by atoms with van der Waals surface area (Å²) in [5.41, 5.74) is 0.433. The zero-order valence-corrected chi connectivity index (χ0v) is 13.2. The van der Waals surface area contributed by atoms with Crippen LogP contribution in [0, 0.1) is 0 Å². The lowest BCUT2D eigenvalue weighted by Gasteiger charge is -2.27. The molecule has 0 radical (unpaired) electrons. The van der Waals surface area contributed by atoms with Gasteiger partial charge in [0.05, 0.1) is 11.6 Å². The average Bonchev–Trinajstić information content (AvgIpc) is 2.91. The third kappa shape index (κ3) is 3.97. The third-order valence-corrected chi connectivity index (χ3v) is 3.84. The first-order valence-electron chi connectivity index (χ1n) is 7.89. The molecule has 0 aliphatic carbocycles. The second-order valence-electron chi connectivity index (χ2n) is 6.01. The van der Waals surface area contributed by atoms with E-state index in [1.165, 1.54) is 0 Å². The Labute approximate surface area is 127 Å². The summed E-state index contributed by atoms with van der Waals surface area (Å²) < 4.78 is 5.61. The Kier molecular flexibility index (Phi) is 5.23. The molecule has 1 saturated heterocycles. The van der Waals surface area contributed by atoms with Crippen molar-refractivity contribution in [2.24, 2.45) is 0 Å². The number of nitrogens with one attached hydrogen (secondary N) is 2. The van der Waals surface area contributed by atoms with Crippen molar-refractivity contribution in [3.05, 3.63) is 24.3 Å². The summed E-state index contributed by atoms with van der Waals surface area (Å²) in [7, 11) is 0. The number of anilines is 1. The smallest absolute Gasteiger partial charge is 0.244 e. The minimum absolute atomic E-state index is 0.0828. The van der Waals surface area contributed by atoms with Crippen molar-refractivity contribution >= 4 is 11.6 Å². The van der Waals surface area contributed by atoms with Crippen LogP contribution in [0.3, 0.4) is 0 Å². The molecule has 1 amide bonds. The van der Waals surface area contributed by atoms with Gasteiger partial charge in [0.25, 0.3) is 0 Å². The molecule has 2 rings (SSSR count). The van der Waals surface area contributed by atoms with Crippen molar-refractivity contribution in [3.8, 4) is 5.75 Å². The van der Waals surface area contributed by atoms with Crippen LogP contribution in [0.25, 0.3) is 0 Å². The Morgan fingerprint density at radius 3 is 2.62 bits per heavy atom. The maximum Gasteiger partial charge on any atom is 0.244 e. The lowest BCUT2D eigenvalue weighted by molar-refractivity contribution is -0.122. The predicted molar refractivity (Wildman–Crippen MR) is 85.7 cm³/mol. The lowest BCUT2D eigenvalue weighted by atomic mass is 9.91. The summed E-state index contributed by atoms with van der Waals surface area (Å²) >= 11 is 0. The van der Waals surface area contributed by atoms with Crippen LogP contribution in [0.5, 0.6) is 5.75 Å². The van der Waals surface area contributed by atoms with Crippen molar-refractivity contribution < 1.29 is 9.53 Å². The van der Waals surface area contributed by atoms with E-state index < -0.39 is 0 Å². The SMILES string of the molecule is CCCC1(C(=O)Nc2ccc(OC(C)C)cc2)CCCN1. The van der Waals surface area contributed by atoms with Crippen LogP contribution in [0.4, 0.5) is 5.69 Å². The molecule has 2 N–H and O–H groups in total. The van der Waals surface area contributed by atoms with Crippen LogP contribution in [-0.4, -0.2) is 24.1 Å². The lowest BCUT2D eigenvalue weighted by Crippen LogP contribution is -2.50. The fraction of sp³-hybridized carbons (Fsp3) is 0.588. The first-order valence-corrected chi connectivity index (χ1v) is 7.89. The molecular weight excluding hydrogens is 264 g/mol. The minimum Gasteiger partial charge on any atom is -0.491 e. The van der Waals surface area contributed by atoms with Gasteiger partial charge in [0.1, 0.15) is 5.75 Å². The largest absolute Gasteiger partial charge is 0.491 e. The van der Waals surface area contributed by atoms with E-state index in [9.17, 15) is 4.79 Å². The predicted octanol–water partition coefficient (Wildman–Crippen LogP) is 3.33. The van der Waals surface area contributed by atoms with E-state index in [1.54, 1.807) is 0 Å². The highest BCUT2D eigenvalue weighted by Crippen LogP contribution is 2.27. The van der Waals surface area contributed by atoms with Crippen LogP contribution < -0.4 is 15.4 Å². The molecule has 0 spiro atoms. The Morgan fingerprint density at radius 2 is 2.10 bits per heavy atom. The molecule has 4 heteroatoms. The quantitative estimate of drug-likeness (QED) is 0.845. The van der Waals surface area contributed by atoms with Gasteiger partial charge in [-0.25, -0.2) is 0 Å². The highest BCUT2D eigenvalue weighted by Gasteiger charge is 2.39. The molecule has 0 aromatic heterocycles. The molecule has 1 aliphatic heterocycles. The van der Waals surface area contributed by atoms with Gasteiger partial charge >= 0.3 is 0 Å². The van der Waals surface area contributed by atoms with Crippen LogP contribution in [0.2, 0.25) is 0 Å². The average molecular weight is 290 g/mol. The monoisotopic (exact) mass is 290 g/mol. The van der Waals surface area contributed by atoms with Gasteiger partial charge < -0.3 is 15.4 Å². The van der Waals surface area contributed by atoms with Gasteiger partial charge in [-0.05, 0) is 63.9 Å². The van der Waals surface area contributed by atoms with E-state index in [0.717, 1.165) is 43.7 Å². The summed E-state index contributed by atoms with van der Waals surface area (Å²) in [6.45, 7) is 7.04.